The van der Waals surface area contributed by atoms with E-state index >= 15 is 0 Å². The summed E-state index contributed by atoms with van der Waals surface area (Å²) >= 11 is 0. The number of hydrogen-bond donors (Lipinski definition) is 13. The summed E-state index contributed by atoms with van der Waals surface area (Å²) in [5.41, 5.74) is 24.4. The van der Waals surface area contributed by atoms with Crippen LogP contribution in [0, 0.1) is 17.8 Å². The highest BCUT2D eigenvalue weighted by atomic mass is 16.3. The van der Waals surface area contributed by atoms with Crippen LogP contribution in [0.5, 0.6) is 0 Å². The lowest BCUT2D eigenvalue weighted by Crippen LogP contribution is -2.61. The number of nitrogens with two attached hydrogens (primary N) is 4. The number of carbonyl (C=O) groups excluding carboxylic acids is 9. The first kappa shape index (κ1) is 66.6. The topological polar surface area (TPSA) is 374 Å². The van der Waals surface area contributed by atoms with Gasteiger partial charge in [-0.05, 0) is 108 Å². The number of benzene rings is 1. The van der Waals surface area contributed by atoms with Crippen molar-refractivity contribution in [2.24, 2.45) is 40.7 Å². The van der Waals surface area contributed by atoms with E-state index in [1.807, 2.05) is 27.7 Å². The highest BCUT2D eigenvalue weighted by Gasteiger charge is 2.35. The number of aliphatic hydroxyl groups is 1. The van der Waals surface area contributed by atoms with Crippen LogP contribution in [0.25, 0.3) is 0 Å². The molecule has 430 valence electrons. The third-order valence-corrected chi connectivity index (χ3v) is 13.2. The number of rotatable bonds is 26. The first-order valence-corrected chi connectivity index (χ1v) is 27.7. The lowest BCUT2D eigenvalue weighted by molar-refractivity contribution is -0.136. The number of Topliss-reactive ketones (excluding diaryl/α,β-unsaturated/α-hetero) is 1. The van der Waals surface area contributed by atoms with Gasteiger partial charge in [-0.2, -0.15) is 0 Å². The molecule has 1 heterocycles. The molecule has 0 radical (unpaired) electrons. The normalized spacial score (nSPS) is 23.1. The first-order valence-electron chi connectivity index (χ1n) is 27.7. The minimum Gasteiger partial charge on any atom is -0.393 e. The molecule has 1 aliphatic heterocycles. The number of aliphatic hydroxyl groups excluding tert-OH is 1. The summed E-state index contributed by atoms with van der Waals surface area (Å²) in [7, 11) is 0. The van der Waals surface area contributed by atoms with Crippen LogP contribution in [0.4, 0.5) is 0 Å². The van der Waals surface area contributed by atoms with Crippen molar-refractivity contribution < 1.29 is 48.3 Å². The molecule has 1 aromatic carbocycles. The van der Waals surface area contributed by atoms with Gasteiger partial charge in [-0.3, -0.25) is 43.2 Å². The molecule has 22 heteroatoms. The lowest BCUT2D eigenvalue weighted by Gasteiger charge is -2.28. The summed E-state index contributed by atoms with van der Waals surface area (Å²) in [6.07, 6.45) is 5.00. The standard InChI is InChI=1S/C54H94N12O10/c1-6-7-8-9-13-18-38(67)33-39(68)32-37(20-24-55)47(69)60-40-19-14-15-28-59-48(70)44(29-34(2)3)64-51(73)42(22-26-57)62-50(72)41(21-25-56)63-53(75)45(30-35(4)5)65-54(76)46(31-36-16-11-10-12-17-36)66-52(74)43(23-27-58)61-49(40)71/h10-12,16-17,34-35,37-38,40-46,67H,6-9,13-15,18-33,55-58H2,1-5H3,(H,59,70)(H,60,69)(H,61,71)(H,62,72)(H,63,75)(H,64,73)(H,65,76)(H,66,74)/t37-,38+,40-,41-,42-,43-,44-,45-,46+/m0/s1. The highest BCUT2D eigenvalue weighted by molar-refractivity contribution is 5.98. The van der Waals surface area contributed by atoms with E-state index in [1.165, 1.54) is 0 Å². The van der Waals surface area contributed by atoms with Crippen LogP contribution in [-0.2, 0) is 49.6 Å². The minimum absolute atomic E-state index is 0.0134. The second kappa shape index (κ2) is 37.3. The van der Waals surface area contributed by atoms with Crippen LogP contribution in [-0.4, -0.2) is 139 Å². The molecule has 9 atom stereocenters. The van der Waals surface area contributed by atoms with Crippen LogP contribution in [0.1, 0.15) is 149 Å². The van der Waals surface area contributed by atoms with Crippen molar-refractivity contribution in [1.82, 2.24) is 42.5 Å². The van der Waals surface area contributed by atoms with E-state index in [2.05, 4.69) is 49.5 Å². The molecule has 8 amide bonds. The van der Waals surface area contributed by atoms with E-state index in [-0.39, 0.29) is 121 Å². The monoisotopic (exact) mass is 1070 g/mol. The molecule has 2 rings (SSSR count). The number of ketones is 1. The van der Waals surface area contributed by atoms with E-state index in [9.17, 15) is 48.3 Å². The number of carbonyl (C=O) groups is 9. The Morgan fingerprint density at radius 3 is 1.57 bits per heavy atom. The molecule has 0 spiro atoms. The van der Waals surface area contributed by atoms with Gasteiger partial charge in [-0.15, -0.1) is 0 Å². The molecule has 76 heavy (non-hydrogen) atoms. The maximum absolute atomic E-state index is 14.4. The zero-order valence-corrected chi connectivity index (χ0v) is 45.9. The van der Waals surface area contributed by atoms with Gasteiger partial charge < -0.3 is 70.6 Å². The fourth-order valence-electron chi connectivity index (χ4n) is 9.01. The van der Waals surface area contributed by atoms with Crippen molar-refractivity contribution >= 4 is 53.0 Å². The van der Waals surface area contributed by atoms with E-state index in [4.69, 9.17) is 22.9 Å². The maximum Gasteiger partial charge on any atom is 0.243 e. The van der Waals surface area contributed by atoms with Crippen LogP contribution < -0.4 is 65.5 Å². The van der Waals surface area contributed by atoms with Crippen molar-refractivity contribution in [2.75, 3.05) is 32.7 Å². The van der Waals surface area contributed by atoms with Gasteiger partial charge in [-0.25, -0.2) is 0 Å². The maximum atomic E-state index is 14.4. The Morgan fingerprint density at radius 1 is 0.579 bits per heavy atom. The molecular formula is C54H94N12O10. The predicted molar refractivity (Wildman–Crippen MR) is 291 cm³/mol. The molecular weight excluding hydrogens is 977 g/mol. The van der Waals surface area contributed by atoms with Gasteiger partial charge in [0.1, 0.15) is 48.1 Å². The fourth-order valence-corrected chi connectivity index (χ4v) is 9.01. The molecule has 1 saturated heterocycles. The third-order valence-electron chi connectivity index (χ3n) is 13.2. The third kappa shape index (κ3) is 26.0. The molecule has 1 aliphatic rings. The Bertz CT molecular complexity index is 1960. The van der Waals surface area contributed by atoms with Crippen LogP contribution in [0.3, 0.4) is 0 Å². The Balaban J connectivity index is 2.64. The van der Waals surface area contributed by atoms with Gasteiger partial charge in [0.2, 0.25) is 47.3 Å². The zero-order valence-electron chi connectivity index (χ0n) is 45.9. The Hall–Kier alpha value is -5.55. The summed E-state index contributed by atoms with van der Waals surface area (Å²) in [5.74, 6) is -7.04. The molecule has 0 saturated carbocycles. The van der Waals surface area contributed by atoms with Crippen LogP contribution >= 0.6 is 0 Å². The molecule has 0 aromatic heterocycles. The minimum atomic E-state index is -1.32. The quantitative estimate of drug-likeness (QED) is 0.0548. The summed E-state index contributed by atoms with van der Waals surface area (Å²) in [4.78, 5) is 126. The van der Waals surface area contributed by atoms with Crippen LogP contribution in [0.2, 0.25) is 0 Å². The zero-order chi connectivity index (χ0) is 56.6. The first-order chi connectivity index (χ1) is 36.3. The molecule has 22 nitrogen and oxygen atoms in total. The van der Waals surface area contributed by atoms with Crippen LogP contribution in [0.15, 0.2) is 30.3 Å². The molecule has 0 unspecified atom stereocenters. The van der Waals surface area contributed by atoms with E-state index in [0.717, 1.165) is 32.1 Å². The van der Waals surface area contributed by atoms with Crippen molar-refractivity contribution in [3.05, 3.63) is 35.9 Å². The number of hydrogen-bond acceptors (Lipinski definition) is 14. The van der Waals surface area contributed by atoms with Gasteiger partial charge in [0.25, 0.3) is 0 Å². The van der Waals surface area contributed by atoms with Gasteiger partial charge in [0, 0.05) is 31.7 Å². The summed E-state index contributed by atoms with van der Waals surface area (Å²) in [5, 5.41) is 32.7. The van der Waals surface area contributed by atoms with Gasteiger partial charge >= 0.3 is 0 Å². The number of nitrogens with one attached hydrogen (secondary N) is 8. The van der Waals surface area contributed by atoms with Crippen molar-refractivity contribution in [3.8, 4) is 0 Å². The average Bonchev–Trinajstić information content (AvgIpc) is 3.36. The van der Waals surface area contributed by atoms with E-state index in [1.54, 1.807) is 30.3 Å². The Kier molecular flexibility index (Phi) is 32.6. The number of unbranched alkanes of at least 4 members (excludes halogenated alkanes) is 4. The smallest absolute Gasteiger partial charge is 0.243 e. The SMILES string of the molecule is CCCCCCC[C@@H](O)CC(=O)C[C@H](CCN)C(=O)N[C@H]1CCCCNC(=O)[C@H](CC(C)C)NC(=O)[C@H](CCN)NC(=O)[C@H](CCN)NC(=O)[C@H](CC(C)C)NC(=O)[C@@H](Cc2ccccc2)NC(=O)[C@H](CCN)NC1=O. The highest BCUT2D eigenvalue weighted by Crippen LogP contribution is 2.17. The molecule has 0 bridgehead atoms. The lowest BCUT2D eigenvalue weighted by atomic mass is 9.93. The van der Waals surface area contributed by atoms with Crippen molar-refractivity contribution in [1.29, 1.82) is 0 Å². The van der Waals surface area contributed by atoms with Gasteiger partial charge in [0.05, 0.1) is 6.10 Å². The summed E-state index contributed by atoms with van der Waals surface area (Å²) < 4.78 is 0. The molecule has 17 N–H and O–H groups in total. The average molecular weight is 1070 g/mol. The van der Waals surface area contributed by atoms with E-state index < -0.39 is 102 Å². The van der Waals surface area contributed by atoms with Crippen molar-refractivity contribution in [3.63, 3.8) is 0 Å². The molecule has 0 aliphatic carbocycles. The molecule has 1 fully saturated rings. The van der Waals surface area contributed by atoms with E-state index in [0.29, 0.717) is 18.4 Å². The molecule has 1 aromatic rings. The number of amides is 8. The fraction of sp³-hybridized carbons (Fsp3) is 0.722. The van der Waals surface area contributed by atoms with Gasteiger partial charge in [-0.1, -0.05) is 97.1 Å². The van der Waals surface area contributed by atoms with Crippen molar-refractivity contribution in [2.45, 2.75) is 199 Å². The second-order valence-corrected chi connectivity index (χ2v) is 21.0. The summed E-state index contributed by atoms with van der Waals surface area (Å²) in [6.45, 7) is 9.55. The largest absolute Gasteiger partial charge is 0.393 e. The second-order valence-electron chi connectivity index (χ2n) is 21.0. The summed E-state index contributed by atoms with van der Waals surface area (Å²) in [6, 6.07) is 0.214. The Labute approximate surface area is 450 Å². The predicted octanol–water partition coefficient (Wildman–Crippen LogP) is 0.0971. The van der Waals surface area contributed by atoms with Gasteiger partial charge in [0.15, 0.2) is 0 Å². The Morgan fingerprint density at radius 2 is 1.05 bits per heavy atom.